The molecule has 0 radical (unpaired) electrons. The Hall–Kier alpha value is -2.22. The number of carbonyl (C=O) groups excluding carboxylic acids is 1. The third-order valence-corrected chi connectivity index (χ3v) is 3.49. The largest absolute Gasteiger partial charge is 0.339 e. The lowest BCUT2D eigenvalue weighted by molar-refractivity contribution is 0.112. The number of hydrogen-bond acceptors (Lipinski definition) is 6. The lowest BCUT2D eigenvalue weighted by Gasteiger charge is -2.07. The van der Waals surface area contributed by atoms with Gasteiger partial charge in [-0.3, -0.25) is 24.2 Å². The van der Waals surface area contributed by atoms with Crippen LogP contribution in [0.2, 0.25) is 0 Å². The monoisotopic (exact) mass is 278 g/mol. The number of aromatic nitrogens is 4. The molecule has 2 heterocycles. The highest BCUT2D eigenvalue weighted by atomic mass is 32.2. The van der Waals surface area contributed by atoms with Crippen LogP contribution in [-0.4, -0.2) is 26.0 Å². The molecule has 0 aromatic carbocycles. The summed E-state index contributed by atoms with van der Waals surface area (Å²) in [5.74, 6) is 0. The van der Waals surface area contributed by atoms with Crippen molar-refractivity contribution < 1.29 is 4.79 Å². The third kappa shape index (κ3) is 2.79. The van der Waals surface area contributed by atoms with Gasteiger partial charge in [-0.25, -0.2) is 4.98 Å². The molecule has 0 saturated heterocycles. The van der Waals surface area contributed by atoms with Gasteiger partial charge in [0.1, 0.15) is 5.03 Å². The number of aromatic amines is 1. The third-order valence-electron chi connectivity index (χ3n) is 2.32. The maximum Gasteiger partial charge on any atom is 0.339 e. The molecule has 0 aliphatic carbocycles. The summed E-state index contributed by atoms with van der Waals surface area (Å²) in [7, 11) is 1.57. The fourth-order valence-electron chi connectivity index (χ4n) is 1.39. The average Bonchev–Trinajstić information content (AvgIpc) is 2.38. The molecule has 0 atom stereocenters. The smallest absolute Gasteiger partial charge is 0.298 e. The summed E-state index contributed by atoms with van der Waals surface area (Å²) in [6, 6.07) is 1.69. The zero-order chi connectivity index (χ0) is 14.0. The van der Waals surface area contributed by atoms with Gasteiger partial charge >= 0.3 is 11.1 Å². The van der Waals surface area contributed by atoms with Crippen molar-refractivity contribution in [2.75, 3.05) is 0 Å². The fourth-order valence-corrected chi connectivity index (χ4v) is 2.20. The first kappa shape index (κ1) is 13.2. The Morgan fingerprint density at radius 1 is 1.42 bits per heavy atom. The standard InChI is InChI=1S/C11H10N4O3S/c1-6-3-7(5-16)4-12-10(6)19-11-13-8(17)9(18)14-15(11)2/h3-5H,1-2H3,(H,14,18). The number of rotatable bonds is 3. The molecule has 98 valence electrons. The van der Waals surface area contributed by atoms with Crippen molar-refractivity contribution in [1.82, 2.24) is 19.7 Å². The van der Waals surface area contributed by atoms with Crippen LogP contribution in [0.15, 0.2) is 32.0 Å². The average molecular weight is 278 g/mol. The molecular formula is C11H10N4O3S. The second-order valence-electron chi connectivity index (χ2n) is 3.81. The number of pyridine rings is 1. The Bertz CT molecular complexity index is 750. The van der Waals surface area contributed by atoms with Gasteiger partial charge in [-0.1, -0.05) is 0 Å². The van der Waals surface area contributed by atoms with Crippen molar-refractivity contribution >= 4 is 18.0 Å². The quantitative estimate of drug-likeness (QED) is 0.633. The summed E-state index contributed by atoms with van der Waals surface area (Å²) in [6.07, 6.45) is 2.15. The Morgan fingerprint density at radius 2 is 2.16 bits per heavy atom. The zero-order valence-corrected chi connectivity index (χ0v) is 11.0. The van der Waals surface area contributed by atoms with Crippen LogP contribution in [0, 0.1) is 6.92 Å². The molecule has 0 saturated carbocycles. The van der Waals surface area contributed by atoms with E-state index >= 15 is 0 Å². The van der Waals surface area contributed by atoms with E-state index < -0.39 is 11.1 Å². The highest BCUT2D eigenvalue weighted by Crippen LogP contribution is 2.25. The normalized spacial score (nSPS) is 10.4. The maximum atomic E-state index is 11.2. The molecule has 2 aromatic rings. The number of hydrogen-bond donors (Lipinski definition) is 1. The molecule has 2 rings (SSSR count). The van der Waals surface area contributed by atoms with Gasteiger partial charge in [0.15, 0.2) is 11.4 Å². The molecule has 0 fully saturated rings. The second-order valence-corrected chi connectivity index (χ2v) is 4.77. The topological polar surface area (TPSA) is 97.7 Å². The molecule has 0 spiro atoms. The molecule has 19 heavy (non-hydrogen) atoms. The van der Waals surface area contributed by atoms with Crippen LogP contribution in [0.4, 0.5) is 0 Å². The van der Waals surface area contributed by atoms with E-state index in [2.05, 4.69) is 15.1 Å². The van der Waals surface area contributed by atoms with Crippen LogP contribution in [0.25, 0.3) is 0 Å². The molecular weight excluding hydrogens is 268 g/mol. The first-order chi connectivity index (χ1) is 9.01. The number of nitrogens with one attached hydrogen (secondary N) is 1. The second kappa shape index (κ2) is 5.19. The van der Waals surface area contributed by atoms with Gasteiger partial charge in [0.25, 0.3) is 0 Å². The van der Waals surface area contributed by atoms with Crippen LogP contribution in [0.1, 0.15) is 15.9 Å². The van der Waals surface area contributed by atoms with E-state index in [0.29, 0.717) is 22.0 Å². The van der Waals surface area contributed by atoms with Crippen LogP contribution in [0.3, 0.4) is 0 Å². The molecule has 0 bridgehead atoms. The molecule has 1 N–H and O–H groups in total. The van der Waals surface area contributed by atoms with Gasteiger partial charge in [0.2, 0.25) is 0 Å². The Morgan fingerprint density at radius 3 is 2.79 bits per heavy atom. The summed E-state index contributed by atoms with van der Waals surface area (Å²) in [5, 5.41) is 3.28. The lowest BCUT2D eigenvalue weighted by Crippen LogP contribution is -2.33. The van der Waals surface area contributed by atoms with Gasteiger partial charge in [-0.05, 0) is 30.3 Å². The molecule has 0 amide bonds. The first-order valence-corrected chi connectivity index (χ1v) is 6.10. The Labute approximate surface area is 111 Å². The van der Waals surface area contributed by atoms with Crippen LogP contribution in [0.5, 0.6) is 0 Å². The zero-order valence-electron chi connectivity index (χ0n) is 10.2. The number of nitrogens with zero attached hydrogens (tertiary/aromatic N) is 3. The minimum Gasteiger partial charge on any atom is -0.298 e. The molecule has 7 nitrogen and oxygen atoms in total. The summed E-state index contributed by atoms with van der Waals surface area (Å²) in [6.45, 7) is 1.80. The van der Waals surface area contributed by atoms with Crippen molar-refractivity contribution in [1.29, 1.82) is 0 Å². The number of aldehydes is 1. The Kier molecular flexibility index (Phi) is 3.61. The molecule has 8 heteroatoms. The van der Waals surface area contributed by atoms with Gasteiger partial charge in [0.05, 0.1) is 0 Å². The maximum absolute atomic E-state index is 11.2. The molecule has 0 unspecified atom stereocenters. The summed E-state index contributed by atoms with van der Waals surface area (Å²) >= 11 is 1.14. The van der Waals surface area contributed by atoms with Crippen LogP contribution >= 0.6 is 11.8 Å². The van der Waals surface area contributed by atoms with Crippen molar-refractivity contribution in [2.24, 2.45) is 7.05 Å². The van der Waals surface area contributed by atoms with Crippen molar-refractivity contribution in [2.45, 2.75) is 17.1 Å². The molecule has 0 aliphatic rings. The van der Waals surface area contributed by atoms with Gasteiger partial charge in [-0.2, -0.15) is 4.98 Å². The van der Waals surface area contributed by atoms with Gasteiger partial charge < -0.3 is 0 Å². The van der Waals surface area contributed by atoms with Crippen molar-refractivity contribution in [3.8, 4) is 0 Å². The number of H-pyrrole nitrogens is 1. The Balaban J connectivity index is 2.41. The lowest BCUT2D eigenvalue weighted by atomic mass is 10.2. The highest BCUT2D eigenvalue weighted by molar-refractivity contribution is 7.99. The minimum absolute atomic E-state index is 0.319. The van der Waals surface area contributed by atoms with Gasteiger partial charge in [-0.15, -0.1) is 0 Å². The van der Waals surface area contributed by atoms with E-state index in [1.54, 1.807) is 20.0 Å². The predicted molar refractivity (Wildman–Crippen MR) is 68.6 cm³/mol. The number of carbonyl (C=O) groups is 1. The van der Waals surface area contributed by atoms with E-state index in [1.165, 1.54) is 10.9 Å². The summed E-state index contributed by atoms with van der Waals surface area (Å²) in [4.78, 5) is 40.7. The fraction of sp³-hybridized carbons (Fsp3) is 0.182. The minimum atomic E-state index is -0.845. The highest BCUT2D eigenvalue weighted by Gasteiger charge is 2.09. The number of aryl methyl sites for hydroxylation is 2. The van der Waals surface area contributed by atoms with E-state index in [9.17, 15) is 14.4 Å². The van der Waals surface area contributed by atoms with E-state index in [1.807, 2.05) is 0 Å². The van der Waals surface area contributed by atoms with Crippen LogP contribution < -0.4 is 11.1 Å². The molecule has 0 aliphatic heterocycles. The van der Waals surface area contributed by atoms with Crippen molar-refractivity contribution in [3.63, 3.8) is 0 Å². The SMILES string of the molecule is Cc1cc(C=O)cnc1Sc1nc(=O)c(=O)[nH]n1C. The van der Waals surface area contributed by atoms with E-state index in [4.69, 9.17) is 0 Å². The first-order valence-electron chi connectivity index (χ1n) is 5.28. The van der Waals surface area contributed by atoms with Crippen molar-refractivity contribution in [3.05, 3.63) is 44.1 Å². The molecule has 2 aromatic heterocycles. The van der Waals surface area contributed by atoms with E-state index in [0.717, 1.165) is 17.3 Å². The van der Waals surface area contributed by atoms with Crippen LogP contribution in [-0.2, 0) is 7.05 Å². The summed E-state index contributed by atoms with van der Waals surface area (Å²) in [5.41, 5.74) is -0.351. The predicted octanol–water partition coefficient (Wildman–Crippen LogP) is 0.136. The summed E-state index contributed by atoms with van der Waals surface area (Å²) < 4.78 is 1.35. The van der Waals surface area contributed by atoms with E-state index in [-0.39, 0.29) is 0 Å². The van der Waals surface area contributed by atoms with Gasteiger partial charge in [0, 0.05) is 18.8 Å².